The Morgan fingerprint density at radius 1 is 1.25 bits per heavy atom. The molecular formula is C13H9BrClN3OS. The zero-order valence-corrected chi connectivity index (χ0v) is 13.3. The summed E-state index contributed by atoms with van der Waals surface area (Å²) >= 11 is 14.4. The fraction of sp³-hybridized carbons (Fsp3) is 0.0769. The second-order valence-electron chi connectivity index (χ2n) is 4.17. The Labute approximate surface area is 133 Å². The van der Waals surface area contributed by atoms with Crippen molar-refractivity contribution >= 4 is 39.7 Å². The van der Waals surface area contributed by atoms with Crippen molar-refractivity contribution in [3.63, 3.8) is 0 Å². The van der Waals surface area contributed by atoms with Crippen molar-refractivity contribution in [2.75, 3.05) is 0 Å². The maximum absolute atomic E-state index is 5.89. The lowest BCUT2D eigenvalue weighted by Gasteiger charge is -2.05. The van der Waals surface area contributed by atoms with Crippen molar-refractivity contribution in [1.29, 1.82) is 0 Å². The van der Waals surface area contributed by atoms with Gasteiger partial charge in [0.1, 0.15) is 0 Å². The van der Waals surface area contributed by atoms with Crippen LogP contribution in [0.4, 0.5) is 0 Å². The summed E-state index contributed by atoms with van der Waals surface area (Å²) in [5.74, 6) is 1.31. The van der Waals surface area contributed by atoms with Crippen molar-refractivity contribution in [3.8, 4) is 11.6 Å². The zero-order chi connectivity index (χ0) is 14.1. The summed E-state index contributed by atoms with van der Waals surface area (Å²) in [5, 5.41) is 7.72. The highest BCUT2D eigenvalue weighted by molar-refractivity contribution is 9.10. The van der Waals surface area contributed by atoms with Crippen LogP contribution in [0.25, 0.3) is 11.6 Å². The SMILES string of the molecule is S=c1[nH]nc(-c2ccc(Br)o2)n1Cc1ccc(Cl)cc1. The molecule has 3 rings (SSSR count). The molecule has 0 radical (unpaired) electrons. The molecule has 102 valence electrons. The lowest BCUT2D eigenvalue weighted by atomic mass is 10.2. The lowest BCUT2D eigenvalue weighted by Crippen LogP contribution is -2.02. The molecule has 0 fully saturated rings. The summed E-state index contributed by atoms with van der Waals surface area (Å²) in [6.45, 7) is 0.597. The summed E-state index contributed by atoms with van der Waals surface area (Å²) in [6, 6.07) is 11.3. The normalized spacial score (nSPS) is 10.9. The van der Waals surface area contributed by atoms with Crippen LogP contribution >= 0.6 is 39.7 Å². The number of halogens is 2. The molecule has 0 atom stereocenters. The van der Waals surface area contributed by atoms with Gasteiger partial charge in [0.05, 0.1) is 6.54 Å². The van der Waals surface area contributed by atoms with Gasteiger partial charge in [-0.25, -0.2) is 0 Å². The number of aromatic nitrogens is 3. The fourth-order valence-corrected chi connectivity index (χ4v) is 2.49. The maximum Gasteiger partial charge on any atom is 0.198 e. The summed E-state index contributed by atoms with van der Waals surface area (Å²) < 4.78 is 8.60. The molecule has 0 aliphatic rings. The third-order valence-corrected chi connectivity index (χ3v) is 3.80. The van der Waals surface area contributed by atoms with E-state index in [0.29, 0.717) is 32.6 Å². The van der Waals surface area contributed by atoms with E-state index >= 15 is 0 Å². The van der Waals surface area contributed by atoms with E-state index in [2.05, 4.69) is 26.1 Å². The minimum Gasteiger partial charge on any atom is -0.446 e. The molecule has 2 aromatic heterocycles. The number of H-pyrrole nitrogens is 1. The Morgan fingerprint density at radius 2 is 2.00 bits per heavy atom. The predicted molar refractivity (Wildman–Crippen MR) is 83.4 cm³/mol. The number of rotatable bonds is 3. The van der Waals surface area contributed by atoms with Gasteiger partial charge in [0.25, 0.3) is 0 Å². The van der Waals surface area contributed by atoms with Gasteiger partial charge >= 0.3 is 0 Å². The third kappa shape index (κ3) is 2.72. The molecule has 0 amide bonds. The molecule has 0 saturated heterocycles. The van der Waals surface area contributed by atoms with Crippen LogP contribution < -0.4 is 0 Å². The van der Waals surface area contributed by atoms with Crippen LogP contribution in [0.5, 0.6) is 0 Å². The second kappa shape index (κ2) is 5.55. The van der Waals surface area contributed by atoms with E-state index in [1.165, 1.54) is 0 Å². The molecule has 4 nitrogen and oxygen atoms in total. The molecule has 3 aromatic rings. The first-order chi connectivity index (χ1) is 9.63. The standard InChI is InChI=1S/C13H9BrClN3OS/c14-11-6-5-10(19-11)12-16-17-13(20)18(12)7-8-1-3-9(15)4-2-8/h1-6H,7H2,(H,17,20). The van der Waals surface area contributed by atoms with Crippen LogP contribution in [0.15, 0.2) is 45.5 Å². The highest BCUT2D eigenvalue weighted by Crippen LogP contribution is 2.24. The number of hydrogen-bond acceptors (Lipinski definition) is 3. The van der Waals surface area contributed by atoms with Crippen LogP contribution in [-0.2, 0) is 6.54 Å². The van der Waals surface area contributed by atoms with Gasteiger partial charge in [0, 0.05) is 5.02 Å². The molecule has 0 aliphatic carbocycles. The van der Waals surface area contributed by atoms with E-state index in [4.69, 9.17) is 28.2 Å². The van der Waals surface area contributed by atoms with Gasteiger partial charge in [-0.3, -0.25) is 9.67 Å². The Bertz CT molecular complexity index is 791. The first-order valence-electron chi connectivity index (χ1n) is 5.79. The van der Waals surface area contributed by atoms with Crippen LogP contribution in [0.3, 0.4) is 0 Å². The molecule has 2 heterocycles. The van der Waals surface area contributed by atoms with Gasteiger partial charge in [0.15, 0.2) is 21.0 Å². The van der Waals surface area contributed by atoms with E-state index in [9.17, 15) is 0 Å². The Balaban J connectivity index is 1.99. The van der Waals surface area contributed by atoms with E-state index in [1.807, 2.05) is 41.0 Å². The summed E-state index contributed by atoms with van der Waals surface area (Å²) in [4.78, 5) is 0. The largest absolute Gasteiger partial charge is 0.446 e. The average molecular weight is 371 g/mol. The van der Waals surface area contributed by atoms with Gasteiger partial charge in [-0.05, 0) is 58.0 Å². The van der Waals surface area contributed by atoms with Gasteiger partial charge in [-0.2, -0.15) is 5.10 Å². The molecule has 0 saturated carbocycles. The second-order valence-corrected chi connectivity index (χ2v) is 5.77. The Kier molecular flexibility index (Phi) is 3.78. The molecule has 0 unspecified atom stereocenters. The molecule has 0 aliphatic heterocycles. The van der Waals surface area contributed by atoms with E-state index < -0.39 is 0 Å². The highest BCUT2D eigenvalue weighted by Gasteiger charge is 2.12. The number of aromatic amines is 1. The number of benzene rings is 1. The molecule has 1 aromatic carbocycles. The number of nitrogens with one attached hydrogen (secondary N) is 1. The van der Waals surface area contributed by atoms with E-state index in [-0.39, 0.29) is 0 Å². The van der Waals surface area contributed by atoms with Crippen molar-refractivity contribution in [1.82, 2.24) is 14.8 Å². The summed E-state index contributed by atoms with van der Waals surface area (Å²) in [5.41, 5.74) is 1.08. The number of hydrogen-bond donors (Lipinski definition) is 1. The molecular weight excluding hydrogens is 362 g/mol. The monoisotopic (exact) mass is 369 g/mol. The van der Waals surface area contributed by atoms with Gasteiger partial charge < -0.3 is 4.42 Å². The van der Waals surface area contributed by atoms with Crippen LogP contribution in [-0.4, -0.2) is 14.8 Å². The topological polar surface area (TPSA) is 46.8 Å². The minimum atomic E-state index is 0.544. The fourth-order valence-electron chi connectivity index (χ4n) is 1.86. The van der Waals surface area contributed by atoms with Crippen molar-refractivity contribution in [3.05, 3.63) is 56.4 Å². The van der Waals surface area contributed by atoms with Gasteiger partial charge in [-0.15, -0.1) is 0 Å². The third-order valence-electron chi connectivity index (χ3n) is 2.81. The van der Waals surface area contributed by atoms with Crippen molar-refractivity contribution < 1.29 is 4.42 Å². The van der Waals surface area contributed by atoms with Gasteiger partial charge in [0.2, 0.25) is 0 Å². The Hall–Kier alpha value is -1.37. The summed E-state index contributed by atoms with van der Waals surface area (Å²) in [7, 11) is 0. The van der Waals surface area contributed by atoms with Crippen molar-refractivity contribution in [2.45, 2.75) is 6.54 Å². The van der Waals surface area contributed by atoms with E-state index in [0.717, 1.165) is 5.56 Å². The molecule has 0 bridgehead atoms. The molecule has 0 spiro atoms. The highest BCUT2D eigenvalue weighted by atomic mass is 79.9. The molecule has 20 heavy (non-hydrogen) atoms. The van der Waals surface area contributed by atoms with Gasteiger partial charge in [-0.1, -0.05) is 23.7 Å². The predicted octanol–water partition coefficient (Wildman–Crippen LogP) is 4.66. The summed E-state index contributed by atoms with van der Waals surface area (Å²) in [6.07, 6.45) is 0. The number of furan rings is 1. The maximum atomic E-state index is 5.89. The lowest BCUT2D eigenvalue weighted by molar-refractivity contribution is 0.546. The van der Waals surface area contributed by atoms with Crippen LogP contribution in [0.1, 0.15) is 5.56 Å². The van der Waals surface area contributed by atoms with Crippen molar-refractivity contribution in [2.24, 2.45) is 0 Å². The van der Waals surface area contributed by atoms with E-state index in [1.54, 1.807) is 0 Å². The average Bonchev–Trinajstić information content (AvgIpc) is 3.00. The quantitative estimate of drug-likeness (QED) is 0.682. The zero-order valence-electron chi connectivity index (χ0n) is 10.1. The molecule has 1 N–H and O–H groups in total. The van der Waals surface area contributed by atoms with Crippen LogP contribution in [0, 0.1) is 4.77 Å². The van der Waals surface area contributed by atoms with Crippen LogP contribution in [0.2, 0.25) is 5.02 Å². The Morgan fingerprint density at radius 3 is 2.65 bits per heavy atom. The smallest absolute Gasteiger partial charge is 0.198 e. The first-order valence-corrected chi connectivity index (χ1v) is 7.37. The first kappa shape index (κ1) is 13.6. The molecule has 7 heteroatoms. The number of nitrogens with zero attached hydrogens (tertiary/aromatic N) is 2. The minimum absolute atomic E-state index is 0.544.